The van der Waals surface area contributed by atoms with Crippen molar-refractivity contribution in [1.82, 2.24) is 0 Å². The molecule has 98 valence electrons. The van der Waals surface area contributed by atoms with Crippen molar-refractivity contribution in [2.24, 2.45) is 0 Å². The van der Waals surface area contributed by atoms with Crippen LogP contribution in [0.1, 0.15) is 36.0 Å². The summed E-state index contributed by atoms with van der Waals surface area (Å²) < 4.78 is 10.6. The summed E-state index contributed by atoms with van der Waals surface area (Å²) in [4.78, 5) is 12.1. The average molecular weight is 249 g/mol. The highest BCUT2D eigenvalue weighted by molar-refractivity contribution is 6.01. The number of rotatable bonds is 5. The van der Waals surface area contributed by atoms with Crippen molar-refractivity contribution >= 4 is 11.5 Å². The highest BCUT2D eigenvalue weighted by Gasteiger charge is 2.19. The third kappa shape index (κ3) is 2.82. The normalized spacial score (nSPS) is 18.8. The van der Waals surface area contributed by atoms with Crippen molar-refractivity contribution in [3.8, 4) is 5.75 Å². The van der Waals surface area contributed by atoms with Crippen LogP contribution in [-0.2, 0) is 4.74 Å². The summed E-state index contributed by atoms with van der Waals surface area (Å²) in [6.07, 6.45) is 3.64. The molecule has 1 heterocycles. The molecule has 1 aromatic carbocycles. The van der Waals surface area contributed by atoms with E-state index in [1.54, 1.807) is 25.3 Å². The third-order valence-corrected chi connectivity index (χ3v) is 3.30. The van der Waals surface area contributed by atoms with E-state index in [0.29, 0.717) is 23.4 Å². The number of anilines is 1. The van der Waals surface area contributed by atoms with E-state index in [2.05, 4.69) is 0 Å². The van der Waals surface area contributed by atoms with Gasteiger partial charge < -0.3 is 15.2 Å². The molecule has 1 unspecified atom stereocenters. The minimum atomic E-state index is 0.0573. The van der Waals surface area contributed by atoms with Crippen LogP contribution in [0.2, 0.25) is 0 Å². The number of hydrogen-bond donors (Lipinski definition) is 1. The lowest BCUT2D eigenvalue weighted by Crippen LogP contribution is -2.10. The second-order valence-corrected chi connectivity index (χ2v) is 4.52. The van der Waals surface area contributed by atoms with Crippen molar-refractivity contribution in [3.05, 3.63) is 23.8 Å². The Morgan fingerprint density at radius 2 is 2.39 bits per heavy atom. The number of ether oxygens (including phenoxy) is 2. The van der Waals surface area contributed by atoms with Gasteiger partial charge in [-0.15, -0.1) is 0 Å². The van der Waals surface area contributed by atoms with Gasteiger partial charge >= 0.3 is 0 Å². The number of hydrogen-bond acceptors (Lipinski definition) is 4. The van der Waals surface area contributed by atoms with Gasteiger partial charge in [0.1, 0.15) is 5.75 Å². The smallest absolute Gasteiger partial charge is 0.165 e. The molecule has 0 radical (unpaired) electrons. The first-order valence-electron chi connectivity index (χ1n) is 6.29. The zero-order valence-electron chi connectivity index (χ0n) is 10.6. The molecule has 0 aromatic heterocycles. The highest BCUT2D eigenvalue weighted by atomic mass is 16.5. The van der Waals surface area contributed by atoms with E-state index < -0.39 is 0 Å². The maximum Gasteiger partial charge on any atom is 0.165 e. The van der Waals surface area contributed by atoms with Gasteiger partial charge in [0.15, 0.2) is 5.78 Å². The minimum Gasteiger partial charge on any atom is -0.495 e. The predicted molar refractivity (Wildman–Crippen MR) is 69.9 cm³/mol. The first kappa shape index (κ1) is 12.9. The van der Waals surface area contributed by atoms with E-state index in [4.69, 9.17) is 15.2 Å². The summed E-state index contributed by atoms with van der Waals surface area (Å²) in [7, 11) is 1.55. The topological polar surface area (TPSA) is 61.5 Å². The number of ketones is 1. The highest BCUT2D eigenvalue weighted by Crippen LogP contribution is 2.27. The zero-order valence-corrected chi connectivity index (χ0v) is 10.6. The molecule has 0 aliphatic carbocycles. The Balaban J connectivity index is 1.99. The van der Waals surface area contributed by atoms with Crippen LogP contribution in [-0.4, -0.2) is 25.6 Å². The van der Waals surface area contributed by atoms with Crippen LogP contribution in [0.5, 0.6) is 5.75 Å². The number of benzene rings is 1. The number of carbonyl (C=O) groups is 1. The molecule has 1 atom stereocenters. The molecule has 4 heteroatoms. The van der Waals surface area contributed by atoms with E-state index in [1.807, 2.05) is 0 Å². The summed E-state index contributed by atoms with van der Waals surface area (Å²) >= 11 is 0. The Hall–Kier alpha value is -1.55. The summed E-state index contributed by atoms with van der Waals surface area (Å²) in [5, 5.41) is 0. The van der Waals surface area contributed by atoms with Crippen LogP contribution in [0.4, 0.5) is 5.69 Å². The van der Waals surface area contributed by atoms with Crippen molar-refractivity contribution in [1.29, 1.82) is 0 Å². The molecule has 2 N–H and O–H groups in total. The van der Waals surface area contributed by atoms with Gasteiger partial charge in [-0.05, 0) is 31.4 Å². The molecule has 0 saturated carbocycles. The molecule has 1 aromatic rings. The molecule has 0 spiro atoms. The minimum absolute atomic E-state index is 0.0573. The maximum absolute atomic E-state index is 12.1. The van der Waals surface area contributed by atoms with Crippen molar-refractivity contribution < 1.29 is 14.3 Å². The third-order valence-electron chi connectivity index (χ3n) is 3.30. The zero-order chi connectivity index (χ0) is 13.0. The van der Waals surface area contributed by atoms with E-state index >= 15 is 0 Å². The van der Waals surface area contributed by atoms with Gasteiger partial charge in [-0.1, -0.05) is 6.07 Å². The number of carbonyl (C=O) groups excluding carboxylic acids is 1. The second-order valence-electron chi connectivity index (χ2n) is 4.52. The lowest BCUT2D eigenvalue weighted by molar-refractivity contribution is 0.0860. The molecular formula is C14H19NO3. The molecular weight excluding hydrogens is 230 g/mol. The van der Waals surface area contributed by atoms with Crippen LogP contribution in [0, 0.1) is 0 Å². The van der Waals surface area contributed by atoms with Gasteiger partial charge in [0, 0.05) is 18.6 Å². The van der Waals surface area contributed by atoms with Crippen LogP contribution < -0.4 is 10.5 Å². The number of para-hydroxylation sites is 1. The van der Waals surface area contributed by atoms with Gasteiger partial charge in [0.05, 0.1) is 18.9 Å². The molecule has 0 amide bonds. The van der Waals surface area contributed by atoms with Gasteiger partial charge in [0.25, 0.3) is 0 Å². The number of nitrogens with two attached hydrogens (primary N) is 1. The maximum atomic E-state index is 12.1. The molecule has 1 saturated heterocycles. The van der Waals surface area contributed by atoms with Gasteiger partial charge in [0.2, 0.25) is 0 Å². The first-order valence-corrected chi connectivity index (χ1v) is 6.29. The summed E-state index contributed by atoms with van der Waals surface area (Å²) in [5.74, 6) is 0.611. The van der Waals surface area contributed by atoms with E-state index in [1.165, 1.54) is 0 Å². The Kier molecular flexibility index (Phi) is 4.20. The number of Topliss-reactive ketones (excluding diaryl/α,β-unsaturated/α-hetero) is 1. The fourth-order valence-electron chi connectivity index (χ4n) is 2.26. The van der Waals surface area contributed by atoms with E-state index in [0.717, 1.165) is 25.9 Å². The predicted octanol–water partition coefficient (Wildman–Crippen LogP) is 2.42. The van der Waals surface area contributed by atoms with Crippen molar-refractivity contribution in [2.45, 2.75) is 31.8 Å². The molecule has 1 aliphatic heterocycles. The Labute approximate surface area is 107 Å². The quantitative estimate of drug-likeness (QED) is 0.643. The van der Waals surface area contributed by atoms with Gasteiger partial charge in [-0.25, -0.2) is 0 Å². The average Bonchev–Trinajstić information content (AvgIpc) is 2.89. The van der Waals surface area contributed by atoms with E-state index in [-0.39, 0.29) is 11.9 Å². The van der Waals surface area contributed by atoms with Gasteiger partial charge in [-0.2, -0.15) is 0 Å². The first-order chi connectivity index (χ1) is 8.72. The molecule has 18 heavy (non-hydrogen) atoms. The Morgan fingerprint density at radius 1 is 1.56 bits per heavy atom. The Bertz CT molecular complexity index is 425. The SMILES string of the molecule is COc1cccc(C(=O)CCC2CCCO2)c1N. The summed E-state index contributed by atoms with van der Waals surface area (Å²) in [6, 6.07) is 5.29. The lowest BCUT2D eigenvalue weighted by atomic mass is 10.0. The summed E-state index contributed by atoms with van der Waals surface area (Å²) in [5.41, 5.74) is 6.88. The molecule has 0 bridgehead atoms. The molecule has 4 nitrogen and oxygen atoms in total. The Morgan fingerprint density at radius 3 is 3.06 bits per heavy atom. The van der Waals surface area contributed by atoms with Crippen molar-refractivity contribution in [2.75, 3.05) is 19.5 Å². The molecule has 1 aliphatic rings. The molecule has 2 rings (SSSR count). The van der Waals surface area contributed by atoms with Crippen molar-refractivity contribution in [3.63, 3.8) is 0 Å². The summed E-state index contributed by atoms with van der Waals surface area (Å²) in [6.45, 7) is 0.820. The van der Waals surface area contributed by atoms with Gasteiger partial charge in [-0.3, -0.25) is 4.79 Å². The molecule has 1 fully saturated rings. The van der Waals surface area contributed by atoms with Crippen LogP contribution in [0.15, 0.2) is 18.2 Å². The standard InChI is InChI=1S/C14H19NO3/c1-17-13-6-2-5-11(14(13)15)12(16)8-7-10-4-3-9-18-10/h2,5-6,10H,3-4,7-9,15H2,1H3. The van der Waals surface area contributed by atoms with Crippen LogP contribution in [0.25, 0.3) is 0 Å². The lowest BCUT2D eigenvalue weighted by Gasteiger charge is -2.11. The largest absolute Gasteiger partial charge is 0.495 e. The number of methoxy groups -OCH3 is 1. The fourth-order valence-corrected chi connectivity index (χ4v) is 2.26. The van der Waals surface area contributed by atoms with Crippen LogP contribution in [0.3, 0.4) is 0 Å². The van der Waals surface area contributed by atoms with Crippen LogP contribution >= 0.6 is 0 Å². The second kappa shape index (κ2) is 5.87. The number of nitrogen functional groups attached to an aromatic ring is 1. The fraction of sp³-hybridized carbons (Fsp3) is 0.500. The van der Waals surface area contributed by atoms with E-state index in [9.17, 15) is 4.79 Å². The monoisotopic (exact) mass is 249 g/mol.